The summed E-state index contributed by atoms with van der Waals surface area (Å²) in [5.74, 6) is 2.03. The second kappa shape index (κ2) is 7.97. The van der Waals surface area contributed by atoms with Crippen LogP contribution in [-0.4, -0.2) is 47.3 Å². The van der Waals surface area contributed by atoms with Crippen molar-refractivity contribution in [3.05, 3.63) is 67.5 Å². The molecule has 4 aliphatic rings. The third-order valence-electron chi connectivity index (χ3n) is 7.95. The molecule has 6 rings (SSSR count). The average Bonchev–Trinajstić information content (AvgIpc) is 2.76. The topological polar surface area (TPSA) is 71.3 Å². The molecule has 4 bridgehead atoms. The fraction of sp³-hybridized carbons (Fsp3) is 0.600. The maximum Gasteiger partial charge on any atom is 0.251 e. The average molecular weight is 436 g/mol. The molecule has 170 valence electrons. The molecule has 6 heterocycles. The first-order valence-corrected chi connectivity index (χ1v) is 12.1. The van der Waals surface area contributed by atoms with Crippen molar-refractivity contribution in [1.29, 1.82) is 0 Å². The van der Waals surface area contributed by atoms with Crippen LogP contribution >= 0.6 is 0 Å². The van der Waals surface area contributed by atoms with Crippen molar-refractivity contribution in [3.63, 3.8) is 0 Å². The van der Waals surface area contributed by atoms with Crippen molar-refractivity contribution < 1.29 is 0 Å². The molecule has 0 radical (unpaired) electrons. The van der Waals surface area contributed by atoms with E-state index < -0.39 is 0 Å². The lowest BCUT2D eigenvalue weighted by Gasteiger charge is -2.38. The normalized spacial score (nSPS) is 28.3. The number of nitrogens with one attached hydrogen (secondary N) is 2. The largest absolute Gasteiger partial charge is 0.316 e. The van der Waals surface area contributed by atoms with E-state index in [1.165, 1.54) is 24.2 Å². The molecule has 4 atom stereocenters. The smallest absolute Gasteiger partial charge is 0.251 e. The van der Waals surface area contributed by atoms with Gasteiger partial charge >= 0.3 is 0 Å². The van der Waals surface area contributed by atoms with Gasteiger partial charge in [-0.1, -0.05) is 0 Å². The molecule has 3 unspecified atom stereocenters. The van der Waals surface area contributed by atoms with Gasteiger partial charge in [0.05, 0.1) is 0 Å². The van der Waals surface area contributed by atoms with Gasteiger partial charge in [-0.25, -0.2) is 0 Å². The van der Waals surface area contributed by atoms with Gasteiger partial charge in [-0.15, -0.1) is 0 Å². The summed E-state index contributed by atoms with van der Waals surface area (Å²) in [6.45, 7) is 7.05. The summed E-state index contributed by atoms with van der Waals surface area (Å²) in [6.07, 6.45) is 2.36. The lowest BCUT2D eigenvalue weighted by molar-refractivity contribution is 0.254. The Kier molecular flexibility index (Phi) is 5.08. The van der Waals surface area contributed by atoms with Gasteiger partial charge in [-0.3, -0.25) is 14.5 Å². The molecule has 7 heteroatoms. The monoisotopic (exact) mass is 435 g/mol. The maximum atomic E-state index is 12.8. The Labute approximate surface area is 188 Å². The number of rotatable bonds is 4. The van der Waals surface area contributed by atoms with Gasteiger partial charge in [0.15, 0.2) is 0 Å². The van der Waals surface area contributed by atoms with Gasteiger partial charge in [0, 0.05) is 74.6 Å². The molecule has 0 aliphatic carbocycles. The maximum absolute atomic E-state index is 12.8. The van der Waals surface area contributed by atoms with Crippen molar-refractivity contribution in [3.8, 4) is 0 Å². The zero-order valence-corrected chi connectivity index (χ0v) is 18.8. The third-order valence-corrected chi connectivity index (χ3v) is 7.95. The molecule has 2 saturated heterocycles. The van der Waals surface area contributed by atoms with Crippen LogP contribution in [0, 0.1) is 11.8 Å². The molecule has 0 spiro atoms. The van der Waals surface area contributed by atoms with E-state index in [4.69, 9.17) is 0 Å². The van der Waals surface area contributed by atoms with Gasteiger partial charge in [-0.2, -0.15) is 0 Å². The van der Waals surface area contributed by atoms with E-state index in [2.05, 4.69) is 34.7 Å². The summed E-state index contributed by atoms with van der Waals surface area (Å²) in [5, 5.41) is 7.05. The van der Waals surface area contributed by atoms with Gasteiger partial charge in [-0.05, 0) is 68.1 Å². The first kappa shape index (κ1) is 20.4. The van der Waals surface area contributed by atoms with Gasteiger partial charge < -0.3 is 19.8 Å². The quantitative estimate of drug-likeness (QED) is 0.752. The summed E-state index contributed by atoms with van der Waals surface area (Å²) < 4.78 is 4.00. The van der Waals surface area contributed by atoms with Crippen molar-refractivity contribution in [1.82, 2.24) is 24.7 Å². The molecule has 2 aromatic heterocycles. The van der Waals surface area contributed by atoms with Crippen LogP contribution in [0.3, 0.4) is 0 Å². The summed E-state index contributed by atoms with van der Waals surface area (Å²) in [6, 6.07) is 8.09. The first-order chi connectivity index (χ1) is 15.5. The first-order valence-electron chi connectivity index (χ1n) is 12.1. The number of piperidine rings is 2. The SMILES string of the molecule is CN(Cc1cc2n(c(=O)c1)CC1CNCC2C1)Cc1cc2n(c(=O)c1)CC1CNC[C@@H]2C1. The number of pyridine rings is 2. The number of aromatic nitrogens is 2. The summed E-state index contributed by atoms with van der Waals surface area (Å²) in [4.78, 5) is 27.9. The van der Waals surface area contributed by atoms with E-state index in [1.807, 2.05) is 21.3 Å². The minimum absolute atomic E-state index is 0.133. The molecule has 4 aliphatic heterocycles. The van der Waals surface area contributed by atoms with Crippen LogP contribution in [0.1, 0.15) is 47.2 Å². The fourth-order valence-corrected chi connectivity index (χ4v) is 6.58. The Hall–Kier alpha value is -2.22. The third kappa shape index (κ3) is 3.66. The van der Waals surface area contributed by atoms with Crippen molar-refractivity contribution >= 4 is 0 Å². The summed E-state index contributed by atoms with van der Waals surface area (Å²) in [7, 11) is 2.07. The molecule has 0 saturated carbocycles. The zero-order chi connectivity index (χ0) is 21.8. The minimum Gasteiger partial charge on any atom is -0.316 e. The Bertz CT molecular complexity index is 1060. The molecular weight excluding hydrogens is 402 g/mol. The van der Waals surface area contributed by atoms with E-state index >= 15 is 0 Å². The second-order valence-electron chi connectivity index (χ2n) is 10.6. The lowest BCUT2D eigenvalue weighted by Crippen LogP contribution is -2.45. The molecule has 0 amide bonds. The van der Waals surface area contributed by atoms with Gasteiger partial charge in [0.25, 0.3) is 11.1 Å². The summed E-state index contributed by atoms with van der Waals surface area (Å²) in [5.41, 5.74) is 4.79. The Balaban J connectivity index is 1.22. The van der Waals surface area contributed by atoms with E-state index in [1.54, 1.807) is 0 Å². The summed E-state index contributed by atoms with van der Waals surface area (Å²) >= 11 is 0. The number of hydrogen-bond donors (Lipinski definition) is 2. The van der Waals surface area contributed by atoms with Gasteiger partial charge in [0.2, 0.25) is 0 Å². The molecule has 7 nitrogen and oxygen atoms in total. The Morgan fingerprint density at radius 2 is 1.25 bits per heavy atom. The highest BCUT2D eigenvalue weighted by Crippen LogP contribution is 2.33. The van der Waals surface area contributed by atoms with E-state index in [-0.39, 0.29) is 11.1 Å². The van der Waals surface area contributed by atoms with Crippen molar-refractivity contribution in [2.75, 3.05) is 33.2 Å². The van der Waals surface area contributed by atoms with Crippen LogP contribution in [0.2, 0.25) is 0 Å². The Morgan fingerprint density at radius 3 is 1.72 bits per heavy atom. The molecule has 2 aromatic rings. The van der Waals surface area contributed by atoms with Gasteiger partial charge in [0.1, 0.15) is 0 Å². The van der Waals surface area contributed by atoms with Crippen LogP contribution in [-0.2, 0) is 26.2 Å². The highest BCUT2D eigenvalue weighted by Gasteiger charge is 2.32. The molecule has 2 fully saturated rings. The van der Waals surface area contributed by atoms with E-state index in [0.29, 0.717) is 36.8 Å². The van der Waals surface area contributed by atoms with Crippen LogP contribution < -0.4 is 21.8 Å². The van der Waals surface area contributed by atoms with Crippen LogP contribution in [0.25, 0.3) is 0 Å². The van der Waals surface area contributed by atoms with Crippen molar-refractivity contribution in [2.24, 2.45) is 11.8 Å². The highest BCUT2D eigenvalue weighted by atomic mass is 16.1. The number of hydrogen-bond acceptors (Lipinski definition) is 5. The second-order valence-corrected chi connectivity index (χ2v) is 10.6. The molecule has 0 aromatic carbocycles. The van der Waals surface area contributed by atoms with E-state index in [9.17, 15) is 9.59 Å². The zero-order valence-electron chi connectivity index (χ0n) is 18.8. The predicted octanol–water partition coefficient (Wildman–Crippen LogP) is 1.06. The highest BCUT2D eigenvalue weighted by molar-refractivity contribution is 5.26. The minimum atomic E-state index is 0.133. The predicted molar refractivity (Wildman–Crippen MR) is 124 cm³/mol. The van der Waals surface area contributed by atoms with E-state index in [0.717, 1.165) is 50.4 Å². The van der Waals surface area contributed by atoms with Crippen LogP contribution in [0.5, 0.6) is 0 Å². The van der Waals surface area contributed by atoms with Crippen LogP contribution in [0.15, 0.2) is 33.9 Å². The number of fused-ring (bicyclic) bond motifs is 8. The standard InChI is InChI=1S/C25H33N5O2/c1-28(12-16-4-22-20-2-18(8-26-10-20)14-29(22)24(31)6-16)13-17-5-23-21-3-19(9-27-11-21)15-30(23)25(32)7-17/h4-7,18-21,26-27H,2-3,8-15H2,1H3/t18?,19?,20-,21?/m0/s1. The Morgan fingerprint density at radius 1 is 0.781 bits per heavy atom. The van der Waals surface area contributed by atoms with Crippen LogP contribution in [0.4, 0.5) is 0 Å². The molecule has 32 heavy (non-hydrogen) atoms. The molecule has 2 N–H and O–H groups in total. The molecular formula is C25H33N5O2. The number of nitrogens with zero attached hydrogens (tertiary/aromatic N) is 3. The fourth-order valence-electron chi connectivity index (χ4n) is 6.58. The lowest BCUT2D eigenvalue weighted by atomic mass is 9.83. The van der Waals surface area contributed by atoms with Crippen molar-refractivity contribution in [2.45, 2.75) is 50.9 Å².